The second kappa shape index (κ2) is 6.63. The Morgan fingerprint density at radius 2 is 2.07 bits per heavy atom. The van der Waals surface area contributed by atoms with Crippen LogP contribution in [0.5, 0.6) is 5.75 Å². The van der Waals surface area contributed by atoms with E-state index in [-0.39, 0.29) is 0 Å². The zero-order chi connectivity index (χ0) is 18.2. The lowest BCUT2D eigenvalue weighted by Crippen LogP contribution is -2.05. The van der Waals surface area contributed by atoms with Gasteiger partial charge in [0.1, 0.15) is 17.9 Å². The van der Waals surface area contributed by atoms with E-state index in [1.165, 1.54) is 11.1 Å². The van der Waals surface area contributed by atoms with Gasteiger partial charge in [0, 0.05) is 48.1 Å². The summed E-state index contributed by atoms with van der Waals surface area (Å²) >= 11 is 6.32. The molecule has 0 atom stereocenters. The van der Waals surface area contributed by atoms with Crippen LogP contribution in [0, 0.1) is 0 Å². The van der Waals surface area contributed by atoms with Gasteiger partial charge in [0.15, 0.2) is 5.65 Å². The second-order valence-electron chi connectivity index (χ2n) is 6.46. The number of fused-ring (bicyclic) bond motifs is 2. The molecule has 4 aromatic rings. The number of ether oxygens (including phenoxy) is 1. The van der Waals surface area contributed by atoms with Gasteiger partial charge in [-0.05, 0) is 24.1 Å². The van der Waals surface area contributed by atoms with Crippen molar-refractivity contribution in [1.82, 2.24) is 24.6 Å². The van der Waals surface area contributed by atoms with Crippen molar-refractivity contribution in [2.24, 2.45) is 0 Å². The molecule has 0 aliphatic carbocycles. The number of nitrogens with zero attached hydrogens (tertiary/aromatic N) is 5. The lowest BCUT2D eigenvalue weighted by molar-refractivity contribution is 0.357. The van der Waals surface area contributed by atoms with Gasteiger partial charge in [-0.15, -0.1) is 10.2 Å². The largest absolute Gasteiger partial charge is 0.493 e. The molecule has 7 heteroatoms. The smallest absolute Gasteiger partial charge is 0.171 e. The first-order chi connectivity index (χ1) is 13.3. The van der Waals surface area contributed by atoms with Gasteiger partial charge in [-0.3, -0.25) is 9.38 Å². The molecular weight excluding hydrogens is 362 g/mol. The molecule has 27 heavy (non-hydrogen) atoms. The van der Waals surface area contributed by atoms with E-state index in [1.807, 2.05) is 10.5 Å². The maximum Gasteiger partial charge on any atom is 0.171 e. The van der Waals surface area contributed by atoms with Crippen LogP contribution in [0.15, 0.2) is 49.2 Å². The van der Waals surface area contributed by atoms with Crippen LogP contribution >= 0.6 is 11.6 Å². The van der Waals surface area contributed by atoms with Crippen molar-refractivity contribution in [2.75, 3.05) is 6.61 Å². The first-order valence-corrected chi connectivity index (χ1v) is 9.20. The molecule has 0 fully saturated rings. The first-order valence-electron chi connectivity index (χ1n) is 8.82. The van der Waals surface area contributed by atoms with E-state index in [1.54, 1.807) is 31.0 Å². The van der Waals surface area contributed by atoms with Crippen molar-refractivity contribution in [1.29, 1.82) is 0 Å². The Bertz CT molecular complexity index is 1140. The van der Waals surface area contributed by atoms with Crippen LogP contribution < -0.4 is 4.74 Å². The lowest BCUT2D eigenvalue weighted by atomic mass is 10.0. The van der Waals surface area contributed by atoms with E-state index in [0.29, 0.717) is 5.02 Å². The molecule has 5 rings (SSSR count). The number of hydrogen-bond acceptors (Lipinski definition) is 5. The molecule has 1 aliphatic heterocycles. The zero-order valence-corrected chi connectivity index (χ0v) is 15.2. The Morgan fingerprint density at radius 3 is 3.00 bits per heavy atom. The minimum Gasteiger partial charge on any atom is -0.493 e. The third-order valence-corrected chi connectivity index (χ3v) is 5.25. The van der Waals surface area contributed by atoms with Gasteiger partial charge in [0.2, 0.25) is 0 Å². The highest BCUT2D eigenvalue weighted by Gasteiger charge is 2.17. The van der Waals surface area contributed by atoms with Gasteiger partial charge in [0.25, 0.3) is 0 Å². The van der Waals surface area contributed by atoms with Crippen molar-refractivity contribution in [3.05, 3.63) is 71.2 Å². The van der Waals surface area contributed by atoms with Gasteiger partial charge in [-0.1, -0.05) is 23.7 Å². The summed E-state index contributed by atoms with van der Waals surface area (Å²) in [6.07, 6.45) is 9.54. The summed E-state index contributed by atoms with van der Waals surface area (Å²) in [6.45, 7) is 0.765. The number of hydrogen-bond donors (Lipinski definition) is 0. The monoisotopic (exact) mass is 377 g/mol. The number of benzene rings is 1. The molecule has 0 amide bonds. The lowest BCUT2D eigenvalue weighted by Gasteiger charge is -2.10. The molecule has 0 N–H and O–H groups in total. The maximum absolute atomic E-state index is 6.32. The molecule has 0 spiro atoms. The summed E-state index contributed by atoms with van der Waals surface area (Å²) in [5.41, 5.74) is 4.98. The van der Waals surface area contributed by atoms with Crippen molar-refractivity contribution >= 4 is 17.2 Å². The third kappa shape index (κ3) is 2.82. The van der Waals surface area contributed by atoms with Crippen molar-refractivity contribution in [2.45, 2.75) is 19.3 Å². The predicted octanol–water partition coefficient (Wildman–Crippen LogP) is 3.56. The van der Waals surface area contributed by atoms with Gasteiger partial charge < -0.3 is 4.74 Å². The Morgan fingerprint density at radius 1 is 1.11 bits per heavy atom. The predicted molar refractivity (Wildman–Crippen MR) is 102 cm³/mol. The maximum atomic E-state index is 6.32. The van der Waals surface area contributed by atoms with E-state index in [2.05, 4.69) is 32.3 Å². The van der Waals surface area contributed by atoms with Crippen LogP contribution in [0.25, 0.3) is 16.8 Å². The van der Waals surface area contributed by atoms with Gasteiger partial charge in [-0.2, -0.15) is 0 Å². The van der Waals surface area contributed by atoms with Crippen molar-refractivity contribution in [3.63, 3.8) is 0 Å². The molecule has 3 aromatic heterocycles. The molecule has 4 heterocycles. The molecule has 0 radical (unpaired) electrons. The summed E-state index contributed by atoms with van der Waals surface area (Å²) in [7, 11) is 0. The van der Waals surface area contributed by atoms with Crippen LogP contribution in [0.4, 0.5) is 0 Å². The van der Waals surface area contributed by atoms with E-state index in [0.717, 1.165) is 54.2 Å². The van der Waals surface area contributed by atoms with E-state index in [4.69, 9.17) is 16.3 Å². The van der Waals surface area contributed by atoms with Crippen molar-refractivity contribution in [3.8, 4) is 16.9 Å². The van der Waals surface area contributed by atoms with Crippen LogP contribution in [0.3, 0.4) is 0 Å². The SMILES string of the molecule is Clc1ccncc1-c1cnc(CCc2cccc3c2CCO3)n2cnnc12. The summed E-state index contributed by atoms with van der Waals surface area (Å²) in [5.74, 6) is 1.92. The number of halogens is 1. The van der Waals surface area contributed by atoms with Crippen LogP contribution in [-0.2, 0) is 19.3 Å². The fraction of sp³-hybridized carbons (Fsp3) is 0.200. The van der Waals surface area contributed by atoms with E-state index < -0.39 is 0 Å². The molecule has 6 nitrogen and oxygen atoms in total. The van der Waals surface area contributed by atoms with Gasteiger partial charge in [-0.25, -0.2) is 4.98 Å². The highest BCUT2D eigenvalue weighted by molar-refractivity contribution is 6.33. The molecule has 0 saturated carbocycles. The van der Waals surface area contributed by atoms with Crippen LogP contribution in [0.2, 0.25) is 5.02 Å². The van der Waals surface area contributed by atoms with Crippen LogP contribution in [0.1, 0.15) is 17.0 Å². The first kappa shape index (κ1) is 16.2. The Kier molecular flexibility index (Phi) is 3.98. The fourth-order valence-corrected chi connectivity index (χ4v) is 3.80. The highest BCUT2D eigenvalue weighted by atomic mass is 35.5. The quantitative estimate of drug-likeness (QED) is 0.544. The topological polar surface area (TPSA) is 65.2 Å². The Hall–Kier alpha value is -2.99. The fourth-order valence-electron chi connectivity index (χ4n) is 3.59. The second-order valence-corrected chi connectivity index (χ2v) is 6.87. The van der Waals surface area contributed by atoms with Crippen molar-refractivity contribution < 1.29 is 4.74 Å². The molecule has 1 aromatic carbocycles. The number of rotatable bonds is 4. The van der Waals surface area contributed by atoms with Crippen LogP contribution in [-0.4, -0.2) is 31.2 Å². The Labute approximate surface area is 160 Å². The molecule has 1 aliphatic rings. The zero-order valence-electron chi connectivity index (χ0n) is 14.5. The highest BCUT2D eigenvalue weighted by Crippen LogP contribution is 2.30. The standard InChI is InChI=1S/C20H16ClN5O/c21-17-6-8-22-10-15(17)16-11-23-19(26-12-24-25-20(16)26)5-4-13-2-1-3-18-14(13)7-9-27-18/h1-3,6,8,10-12H,4-5,7,9H2. The summed E-state index contributed by atoms with van der Waals surface area (Å²) in [4.78, 5) is 8.83. The average molecular weight is 378 g/mol. The Balaban J connectivity index is 1.49. The summed E-state index contributed by atoms with van der Waals surface area (Å²) < 4.78 is 7.59. The molecule has 0 saturated heterocycles. The van der Waals surface area contributed by atoms with Gasteiger partial charge >= 0.3 is 0 Å². The molecule has 0 bridgehead atoms. The van der Waals surface area contributed by atoms with E-state index >= 15 is 0 Å². The van der Waals surface area contributed by atoms with E-state index in [9.17, 15) is 0 Å². The normalized spacial score (nSPS) is 12.9. The molecule has 0 unspecified atom stereocenters. The number of pyridine rings is 1. The third-order valence-electron chi connectivity index (χ3n) is 4.93. The number of aromatic nitrogens is 5. The average Bonchev–Trinajstić information content (AvgIpc) is 3.36. The number of aryl methyl sites for hydroxylation is 2. The summed E-state index contributed by atoms with van der Waals surface area (Å²) in [6, 6.07) is 8.01. The van der Waals surface area contributed by atoms with Gasteiger partial charge in [0.05, 0.1) is 11.6 Å². The molecular formula is C20H16ClN5O. The summed E-state index contributed by atoms with van der Waals surface area (Å²) in [5, 5.41) is 8.97. The molecule has 134 valence electrons. The minimum atomic E-state index is 0.615. The minimum absolute atomic E-state index is 0.615.